The first-order valence-electron chi connectivity index (χ1n) is 6.02. The average molecular weight is 335 g/mol. The third-order valence-corrected chi connectivity index (χ3v) is 4.23. The molecule has 116 valence electrons. The maximum absolute atomic E-state index is 12.5. The van der Waals surface area contributed by atoms with Gasteiger partial charge in [-0.1, -0.05) is 13.0 Å². The van der Waals surface area contributed by atoms with Crippen molar-refractivity contribution in [2.75, 3.05) is 0 Å². The van der Waals surface area contributed by atoms with Crippen molar-refractivity contribution in [2.45, 2.75) is 42.8 Å². The smallest absolute Gasteiger partial charge is 0.418 e. The van der Waals surface area contributed by atoms with E-state index in [-0.39, 0.29) is 11.3 Å². The Hall–Kier alpha value is -0.460. The molecule has 0 aliphatic heterocycles. The number of aliphatic hydroxyl groups excluding tert-OH is 1. The molecule has 0 radical (unpaired) electrons. The van der Waals surface area contributed by atoms with E-state index in [4.69, 9.17) is 33.4 Å². The Morgan fingerprint density at radius 2 is 1.90 bits per heavy atom. The largest absolute Gasteiger partial charge is 0.478 e. The summed E-state index contributed by atoms with van der Waals surface area (Å²) < 4.78 is 37.4. The molecule has 3 nitrogen and oxygen atoms in total. The molecule has 0 amide bonds. The fraction of sp³-hybridized carbons (Fsp3) is 0.750. The number of halogens is 5. The van der Waals surface area contributed by atoms with E-state index < -0.39 is 35.1 Å². The highest BCUT2D eigenvalue weighted by atomic mass is 35.5. The van der Waals surface area contributed by atoms with Gasteiger partial charge in [0.2, 0.25) is 0 Å². The van der Waals surface area contributed by atoms with Gasteiger partial charge < -0.3 is 10.2 Å². The lowest BCUT2D eigenvalue weighted by Gasteiger charge is -2.34. The maximum Gasteiger partial charge on any atom is 0.418 e. The molecule has 1 rings (SSSR count). The Balaban J connectivity index is 3.05. The van der Waals surface area contributed by atoms with Crippen LogP contribution in [0.2, 0.25) is 0 Å². The second kappa shape index (κ2) is 6.54. The number of carboxylic acids is 1. The van der Waals surface area contributed by atoms with E-state index >= 15 is 0 Å². The number of carbonyl (C=O) groups is 1. The van der Waals surface area contributed by atoms with Gasteiger partial charge in [-0.15, -0.1) is 23.2 Å². The maximum atomic E-state index is 12.5. The Morgan fingerprint density at radius 1 is 1.35 bits per heavy atom. The lowest BCUT2D eigenvalue weighted by Crippen LogP contribution is -2.36. The quantitative estimate of drug-likeness (QED) is 0.615. The molecule has 0 aromatic heterocycles. The summed E-state index contributed by atoms with van der Waals surface area (Å²) >= 11 is 12.0. The molecule has 8 heteroatoms. The van der Waals surface area contributed by atoms with Crippen LogP contribution in [-0.2, 0) is 4.79 Å². The predicted octanol–water partition coefficient (Wildman–Crippen LogP) is 3.18. The normalized spacial score (nSPS) is 33.9. The average Bonchev–Trinajstić information content (AvgIpc) is 2.25. The van der Waals surface area contributed by atoms with E-state index in [1.165, 1.54) is 0 Å². The lowest BCUT2D eigenvalue weighted by atomic mass is 9.78. The summed E-state index contributed by atoms with van der Waals surface area (Å²) in [7, 11) is 0. The predicted molar refractivity (Wildman–Crippen MR) is 69.0 cm³/mol. The van der Waals surface area contributed by atoms with Crippen molar-refractivity contribution in [1.29, 1.82) is 0 Å². The minimum Gasteiger partial charge on any atom is -0.478 e. The molecular weight excluding hydrogens is 320 g/mol. The van der Waals surface area contributed by atoms with Gasteiger partial charge in [-0.05, 0) is 24.7 Å². The Labute approximate surface area is 124 Å². The molecule has 1 saturated carbocycles. The fourth-order valence-electron chi connectivity index (χ4n) is 2.35. The molecule has 5 unspecified atom stereocenters. The molecule has 0 spiro atoms. The van der Waals surface area contributed by atoms with Gasteiger partial charge in [0.15, 0.2) is 6.10 Å². The number of aliphatic carboxylic acids is 1. The van der Waals surface area contributed by atoms with Gasteiger partial charge in [0.05, 0.1) is 5.57 Å². The minimum absolute atomic E-state index is 0.163. The number of alkyl halides is 5. The van der Waals surface area contributed by atoms with Crippen LogP contribution in [0.25, 0.3) is 0 Å². The molecule has 1 aliphatic carbocycles. The number of hydrogen-bond donors (Lipinski definition) is 2. The van der Waals surface area contributed by atoms with Gasteiger partial charge in [0.1, 0.15) is 0 Å². The summed E-state index contributed by atoms with van der Waals surface area (Å²) in [5.41, 5.74) is -1.09. The highest BCUT2D eigenvalue weighted by molar-refractivity contribution is 6.24. The van der Waals surface area contributed by atoms with Crippen molar-refractivity contribution in [3.63, 3.8) is 0 Å². The van der Waals surface area contributed by atoms with Crippen LogP contribution in [0.3, 0.4) is 0 Å². The molecule has 1 fully saturated rings. The first-order chi connectivity index (χ1) is 9.04. The number of hydrogen-bond acceptors (Lipinski definition) is 2. The van der Waals surface area contributed by atoms with Crippen LogP contribution in [0.1, 0.15) is 19.8 Å². The van der Waals surface area contributed by atoms with Crippen LogP contribution in [0.4, 0.5) is 13.2 Å². The van der Waals surface area contributed by atoms with Gasteiger partial charge in [0, 0.05) is 10.8 Å². The third kappa shape index (κ3) is 4.27. The topological polar surface area (TPSA) is 57.5 Å². The molecule has 0 heterocycles. The molecule has 1 aliphatic rings. The van der Waals surface area contributed by atoms with Crippen molar-refractivity contribution < 1.29 is 28.2 Å². The zero-order valence-corrected chi connectivity index (χ0v) is 12.1. The summed E-state index contributed by atoms with van der Waals surface area (Å²) in [4.78, 5) is 10.9. The van der Waals surface area contributed by atoms with Gasteiger partial charge >= 0.3 is 12.1 Å². The number of carboxylic acid groups (broad SMARTS) is 1. The fourth-order valence-corrected chi connectivity index (χ4v) is 3.45. The highest BCUT2D eigenvalue weighted by Crippen LogP contribution is 2.38. The van der Waals surface area contributed by atoms with Gasteiger partial charge in [-0.25, -0.2) is 4.79 Å². The van der Waals surface area contributed by atoms with Crippen molar-refractivity contribution in [1.82, 2.24) is 0 Å². The van der Waals surface area contributed by atoms with Crippen LogP contribution < -0.4 is 0 Å². The van der Waals surface area contributed by atoms with Crippen molar-refractivity contribution in [2.24, 2.45) is 11.8 Å². The summed E-state index contributed by atoms with van der Waals surface area (Å²) in [5, 5.41) is 17.3. The van der Waals surface area contributed by atoms with Gasteiger partial charge in [0.25, 0.3) is 0 Å². The van der Waals surface area contributed by atoms with Crippen LogP contribution in [0, 0.1) is 11.8 Å². The summed E-state index contributed by atoms with van der Waals surface area (Å²) in [6.45, 7) is 1.74. The zero-order chi connectivity index (χ0) is 15.7. The Morgan fingerprint density at radius 3 is 2.30 bits per heavy atom. The zero-order valence-electron chi connectivity index (χ0n) is 10.6. The SMILES string of the molecule is CC1CC(Cl)CC(Cl)C1/C=C(/C(=O)O)C(O)C(F)(F)F. The molecule has 0 aromatic carbocycles. The molecule has 0 aromatic rings. The van der Waals surface area contributed by atoms with Crippen LogP contribution >= 0.6 is 23.2 Å². The third-order valence-electron chi connectivity index (χ3n) is 3.41. The molecule has 20 heavy (non-hydrogen) atoms. The molecular formula is C12H15Cl2F3O3. The van der Waals surface area contributed by atoms with Gasteiger partial charge in [-0.3, -0.25) is 0 Å². The molecule has 0 bridgehead atoms. The van der Waals surface area contributed by atoms with E-state index in [1.54, 1.807) is 6.92 Å². The van der Waals surface area contributed by atoms with Crippen molar-refractivity contribution in [3.8, 4) is 0 Å². The van der Waals surface area contributed by atoms with Crippen molar-refractivity contribution in [3.05, 3.63) is 11.6 Å². The monoisotopic (exact) mass is 334 g/mol. The van der Waals surface area contributed by atoms with Crippen LogP contribution in [-0.4, -0.2) is 39.2 Å². The van der Waals surface area contributed by atoms with Gasteiger partial charge in [-0.2, -0.15) is 13.2 Å². The summed E-state index contributed by atoms with van der Waals surface area (Å²) in [6, 6.07) is 0. The lowest BCUT2D eigenvalue weighted by molar-refractivity contribution is -0.194. The summed E-state index contributed by atoms with van der Waals surface area (Å²) in [5.74, 6) is -2.54. The van der Waals surface area contributed by atoms with E-state index in [1.807, 2.05) is 0 Å². The molecule has 0 saturated heterocycles. The second-order valence-corrected chi connectivity index (χ2v) is 6.19. The first kappa shape index (κ1) is 17.6. The Bertz CT molecular complexity index is 386. The number of rotatable bonds is 3. The molecule has 2 N–H and O–H groups in total. The van der Waals surface area contributed by atoms with E-state index in [0.717, 1.165) is 6.08 Å². The second-order valence-electron chi connectivity index (χ2n) is 5.01. The number of allylic oxidation sites excluding steroid dienone is 1. The van der Waals surface area contributed by atoms with E-state index in [9.17, 15) is 18.0 Å². The van der Waals surface area contributed by atoms with E-state index in [0.29, 0.717) is 12.8 Å². The minimum atomic E-state index is -5.03. The highest BCUT2D eigenvalue weighted by Gasteiger charge is 2.44. The number of aliphatic hydroxyl groups is 1. The standard InChI is InChI=1S/C12H15Cl2F3O3/c1-5-2-6(13)3-9(14)7(5)4-8(11(19)20)10(18)12(15,16)17/h4-7,9-10,18H,2-3H2,1H3,(H,19,20)/b8-4+. The Kier molecular flexibility index (Phi) is 5.75. The van der Waals surface area contributed by atoms with Crippen LogP contribution in [0.15, 0.2) is 11.6 Å². The first-order valence-corrected chi connectivity index (χ1v) is 6.89. The van der Waals surface area contributed by atoms with E-state index in [2.05, 4.69) is 0 Å². The van der Waals surface area contributed by atoms with Crippen molar-refractivity contribution >= 4 is 29.2 Å². The molecule has 5 atom stereocenters. The van der Waals surface area contributed by atoms with Crippen LogP contribution in [0.5, 0.6) is 0 Å². The summed E-state index contributed by atoms with van der Waals surface area (Å²) in [6.07, 6.45) is -6.22.